The minimum absolute atomic E-state index is 0.102. The van der Waals surface area contributed by atoms with E-state index in [0.29, 0.717) is 6.42 Å². The average Bonchev–Trinajstić information content (AvgIpc) is 2.97. The third-order valence-corrected chi connectivity index (χ3v) is 4.05. The van der Waals surface area contributed by atoms with Gasteiger partial charge in [0.05, 0.1) is 6.10 Å². The molecule has 1 aromatic carbocycles. The number of hydrogen-bond acceptors (Lipinski definition) is 2. The van der Waals surface area contributed by atoms with E-state index in [1.54, 1.807) is 6.20 Å². The van der Waals surface area contributed by atoms with Gasteiger partial charge in [-0.1, -0.05) is 22.0 Å². The van der Waals surface area contributed by atoms with Gasteiger partial charge >= 0.3 is 0 Å². The van der Waals surface area contributed by atoms with Gasteiger partial charge in [0.25, 0.3) is 0 Å². The zero-order valence-electron chi connectivity index (χ0n) is 9.91. The molecule has 2 aromatic rings. The van der Waals surface area contributed by atoms with Crippen molar-refractivity contribution in [3.8, 4) is 0 Å². The molecular formula is C14H14BrNO2. The number of hydrogen-bond donors (Lipinski definition) is 1. The van der Waals surface area contributed by atoms with E-state index in [1.807, 2.05) is 18.2 Å². The number of aromatic nitrogens is 1. The lowest BCUT2D eigenvalue weighted by Gasteiger charge is -2.07. The van der Waals surface area contributed by atoms with Gasteiger partial charge in [-0.05, 0) is 25.0 Å². The van der Waals surface area contributed by atoms with Crippen molar-refractivity contribution in [3.05, 3.63) is 34.4 Å². The predicted octanol–water partition coefficient (Wildman–Crippen LogP) is 3.68. The van der Waals surface area contributed by atoms with Crippen molar-refractivity contribution in [2.45, 2.75) is 25.4 Å². The van der Waals surface area contributed by atoms with Crippen LogP contribution in [0.25, 0.3) is 10.9 Å². The minimum Gasteiger partial charge on any atom is -0.378 e. The third kappa shape index (κ3) is 2.10. The highest BCUT2D eigenvalue weighted by atomic mass is 79.9. The minimum atomic E-state index is 0.102. The average molecular weight is 308 g/mol. The molecule has 1 N–H and O–H groups in total. The fourth-order valence-electron chi connectivity index (χ4n) is 2.48. The molecule has 0 spiro atoms. The van der Waals surface area contributed by atoms with Crippen LogP contribution in [0.15, 0.2) is 28.9 Å². The summed E-state index contributed by atoms with van der Waals surface area (Å²) in [5, 5.41) is 0.973. The van der Waals surface area contributed by atoms with E-state index >= 15 is 0 Å². The second-order valence-corrected chi connectivity index (χ2v) is 5.48. The molecule has 3 rings (SSSR count). The van der Waals surface area contributed by atoms with Crippen LogP contribution in [-0.4, -0.2) is 23.5 Å². The Morgan fingerprint density at radius 1 is 1.50 bits per heavy atom. The van der Waals surface area contributed by atoms with Gasteiger partial charge in [-0.15, -0.1) is 0 Å². The summed E-state index contributed by atoms with van der Waals surface area (Å²) in [5.74, 6) is 0.153. The first-order chi connectivity index (χ1) is 8.75. The zero-order valence-corrected chi connectivity index (χ0v) is 11.5. The van der Waals surface area contributed by atoms with Crippen molar-refractivity contribution in [1.29, 1.82) is 0 Å². The lowest BCUT2D eigenvalue weighted by atomic mass is 10.0. The van der Waals surface area contributed by atoms with E-state index in [-0.39, 0.29) is 11.9 Å². The Labute approximate surface area is 114 Å². The van der Waals surface area contributed by atoms with Crippen LogP contribution in [0.1, 0.15) is 29.6 Å². The van der Waals surface area contributed by atoms with Crippen LogP contribution in [0.5, 0.6) is 0 Å². The molecule has 0 bridgehead atoms. The van der Waals surface area contributed by atoms with Crippen LogP contribution in [0, 0.1) is 0 Å². The Bertz CT molecular complexity index is 584. The molecule has 3 nitrogen and oxygen atoms in total. The summed E-state index contributed by atoms with van der Waals surface area (Å²) in [6, 6.07) is 5.89. The second-order valence-electron chi connectivity index (χ2n) is 4.63. The van der Waals surface area contributed by atoms with Gasteiger partial charge < -0.3 is 9.72 Å². The molecule has 94 valence electrons. The van der Waals surface area contributed by atoms with E-state index in [2.05, 4.69) is 20.9 Å². The topological polar surface area (TPSA) is 42.1 Å². The number of nitrogens with one attached hydrogen (secondary N) is 1. The van der Waals surface area contributed by atoms with Gasteiger partial charge in [0.1, 0.15) is 0 Å². The Hall–Kier alpha value is -1.13. The normalized spacial score (nSPS) is 19.5. The van der Waals surface area contributed by atoms with Gasteiger partial charge in [-0.25, -0.2) is 0 Å². The van der Waals surface area contributed by atoms with Crippen LogP contribution < -0.4 is 0 Å². The molecule has 1 aliphatic rings. The second kappa shape index (κ2) is 4.86. The molecule has 1 fully saturated rings. The molecule has 0 saturated carbocycles. The highest BCUT2D eigenvalue weighted by Gasteiger charge is 2.22. The van der Waals surface area contributed by atoms with Crippen molar-refractivity contribution < 1.29 is 9.53 Å². The summed E-state index contributed by atoms with van der Waals surface area (Å²) in [7, 11) is 0. The molecular weight excluding hydrogens is 294 g/mol. The third-order valence-electron chi connectivity index (χ3n) is 3.39. The van der Waals surface area contributed by atoms with E-state index in [0.717, 1.165) is 40.4 Å². The lowest BCUT2D eigenvalue weighted by Crippen LogP contribution is -2.12. The summed E-state index contributed by atoms with van der Waals surface area (Å²) in [4.78, 5) is 15.5. The molecule has 2 heterocycles. The summed E-state index contributed by atoms with van der Waals surface area (Å²) >= 11 is 3.50. The molecule has 0 amide bonds. The number of rotatable bonds is 3. The maximum absolute atomic E-state index is 12.3. The van der Waals surface area contributed by atoms with Gasteiger partial charge in [0, 0.05) is 40.2 Å². The van der Waals surface area contributed by atoms with E-state index < -0.39 is 0 Å². The molecule has 1 aromatic heterocycles. The SMILES string of the molecule is O=C(CC1CCCO1)c1c[nH]c2cccc(Br)c12. The predicted molar refractivity (Wildman–Crippen MR) is 73.9 cm³/mol. The number of ether oxygens (including phenoxy) is 1. The zero-order chi connectivity index (χ0) is 12.5. The number of aromatic amines is 1. The number of carbonyl (C=O) groups excluding carboxylic acids is 1. The lowest BCUT2D eigenvalue weighted by molar-refractivity contribution is 0.0777. The fraction of sp³-hybridized carbons (Fsp3) is 0.357. The monoisotopic (exact) mass is 307 g/mol. The van der Waals surface area contributed by atoms with E-state index in [9.17, 15) is 4.79 Å². The summed E-state index contributed by atoms with van der Waals surface area (Å²) < 4.78 is 6.48. The highest BCUT2D eigenvalue weighted by molar-refractivity contribution is 9.10. The maximum Gasteiger partial charge on any atom is 0.167 e. The quantitative estimate of drug-likeness (QED) is 0.879. The highest BCUT2D eigenvalue weighted by Crippen LogP contribution is 2.28. The Morgan fingerprint density at radius 2 is 2.39 bits per heavy atom. The number of halogens is 1. The maximum atomic E-state index is 12.3. The van der Waals surface area contributed by atoms with Crippen molar-refractivity contribution in [2.24, 2.45) is 0 Å². The first kappa shape index (κ1) is 11.9. The molecule has 4 heteroatoms. The van der Waals surface area contributed by atoms with Crippen LogP contribution in [0.2, 0.25) is 0 Å². The molecule has 1 aliphatic heterocycles. The van der Waals surface area contributed by atoms with Crippen molar-refractivity contribution in [1.82, 2.24) is 4.98 Å². The van der Waals surface area contributed by atoms with Gasteiger partial charge in [-0.2, -0.15) is 0 Å². The molecule has 1 unspecified atom stereocenters. The molecule has 18 heavy (non-hydrogen) atoms. The van der Waals surface area contributed by atoms with Crippen molar-refractivity contribution >= 4 is 32.6 Å². The summed E-state index contributed by atoms with van der Waals surface area (Å²) in [6.07, 6.45) is 4.44. The summed E-state index contributed by atoms with van der Waals surface area (Å²) in [5.41, 5.74) is 1.74. The van der Waals surface area contributed by atoms with Crippen LogP contribution in [0.3, 0.4) is 0 Å². The largest absolute Gasteiger partial charge is 0.378 e. The number of carbonyl (C=O) groups is 1. The number of H-pyrrole nitrogens is 1. The summed E-state index contributed by atoms with van der Waals surface area (Å²) in [6.45, 7) is 0.787. The Kier molecular flexibility index (Phi) is 3.22. The molecule has 0 aliphatic carbocycles. The number of fused-ring (bicyclic) bond motifs is 1. The Balaban J connectivity index is 1.91. The van der Waals surface area contributed by atoms with E-state index in [4.69, 9.17) is 4.74 Å². The van der Waals surface area contributed by atoms with Crippen molar-refractivity contribution in [2.75, 3.05) is 6.61 Å². The molecule has 0 radical (unpaired) electrons. The van der Waals surface area contributed by atoms with Gasteiger partial charge in [0.15, 0.2) is 5.78 Å². The smallest absolute Gasteiger partial charge is 0.167 e. The number of Topliss-reactive ketones (excluding diaryl/α,β-unsaturated/α-hetero) is 1. The fourth-order valence-corrected chi connectivity index (χ4v) is 3.06. The molecule has 1 atom stereocenters. The first-order valence-corrected chi connectivity index (χ1v) is 6.95. The van der Waals surface area contributed by atoms with Crippen molar-refractivity contribution in [3.63, 3.8) is 0 Å². The number of ketones is 1. The van der Waals surface area contributed by atoms with Crippen LogP contribution >= 0.6 is 15.9 Å². The standard InChI is InChI=1S/C14H14BrNO2/c15-11-4-1-5-12-14(11)10(8-16-12)13(17)7-9-3-2-6-18-9/h1,4-5,8-9,16H,2-3,6-7H2. The molecule has 1 saturated heterocycles. The number of benzene rings is 1. The van der Waals surface area contributed by atoms with Gasteiger partial charge in [0.2, 0.25) is 0 Å². The van der Waals surface area contributed by atoms with Crippen LogP contribution in [0.4, 0.5) is 0 Å². The van der Waals surface area contributed by atoms with Crippen LogP contribution in [-0.2, 0) is 4.74 Å². The van der Waals surface area contributed by atoms with Gasteiger partial charge in [-0.3, -0.25) is 4.79 Å². The first-order valence-electron chi connectivity index (χ1n) is 6.16. The Morgan fingerprint density at radius 3 is 3.17 bits per heavy atom. The van der Waals surface area contributed by atoms with E-state index in [1.165, 1.54) is 0 Å².